The van der Waals surface area contributed by atoms with Gasteiger partial charge in [0.15, 0.2) is 0 Å². The SMILES string of the molecule is CC(C)/C=C/C1CCN(C)CC1. The quantitative estimate of drug-likeness (QED) is 0.571. The molecule has 0 N–H and O–H groups in total. The van der Waals surface area contributed by atoms with E-state index in [4.69, 9.17) is 0 Å². The normalized spacial score (nSPS) is 22.7. The molecule has 0 radical (unpaired) electrons. The lowest BCUT2D eigenvalue weighted by molar-refractivity contribution is 0.243. The van der Waals surface area contributed by atoms with Crippen LogP contribution in [0.1, 0.15) is 26.7 Å². The van der Waals surface area contributed by atoms with Crippen LogP contribution in [0.15, 0.2) is 12.2 Å². The van der Waals surface area contributed by atoms with Gasteiger partial charge in [0.25, 0.3) is 0 Å². The molecule has 0 saturated carbocycles. The fourth-order valence-electron chi connectivity index (χ4n) is 1.60. The lowest BCUT2D eigenvalue weighted by atomic mass is 9.95. The Morgan fingerprint density at radius 3 is 2.33 bits per heavy atom. The highest BCUT2D eigenvalue weighted by atomic mass is 15.1. The molecule has 1 fully saturated rings. The topological polar surface area (TPSA) is 3.24 Å². The van der Waals surface area contributed by atoms with E-state index in [1.165, 1.54) is 25.9 Å². The van der Waals surface area contributed by atoms with Crippen molar-refractivity contribution in [1.29, 1.82) is 0 Å². The van der Waals surface area contributed by atoms with Crippen LogP contribution in [0.3, 0.4) is 0 Å². The average molecular weight is 167 g/mol. The Bertz CT molecular complexity index is 141. The van der Waals surface area contributed by atoms with Gasteiger partial charge >= 0.3 is 0 Å². The van der Waals surface area contributed by atoms with Crippen molar-refractivity contribution in [3.63, 3.8) is 0 Å². The van der Waals surface area contributed by atoms with Gasteiger partial charge in [0.2, 0.25) is 0 Å². The summed E-state index contributed by atoms with van der Waals surface area (Å²) in [5.41, 5.74) is 0. The van der Waals surface area contributed by atoms with E-state index < -0.39 is 0 Å². The fourth-order valence-corrected chi connectivity index (χ4v) is 1.60. The van der Waals surface area contributed by atoms with E-state index in [-0.39, 0.29) is 0 Å². The number of hydrogen-bond acceptors (Lipinski definition) is 1. The Kier molecular flexibility index (Phi) is 3.80. The molecule has 1 heterocycles. The van der Waals surface area contributed by atoms with Crippen LogP contribution in [-0.2, 0) is 0 Å². The summed E-state index contributed by atoms with van der Waals surface area (Å²) < 4.78 is 0. The molecule has 1 aliphatic heterocycles. The van der Waals surface area contributed by atoms with Gasteiger partial charge < -0.3 is 4.90 Å². The maximum atomic E-state index is 2.42. The third kappa shape index (κ3) is 3.40. The molecule has 0 spiro atoms. The van der Waals surface area contributed by atoms with Crippen LogP contribution in [0.4, 0.5) is 0 Å². The van der Waals surface area contributed by atoms with Gasteiger partial charge in [-0.25, -0.2) is 0 Å². The van der Waals surface area contributed by atoms with Gasteiger partial charge in [-0.3, -0.25) is 0 Å². The van der Waals surface area contributed by atoms with Crippen LogP contribution in [0.25, 0.3) is 0 Å². The summed E-state index contributed by atoms with van der Waals surface area (Å²) in [5.74, 6) is 1.56. The van der Waals surface area contributed by atoms with E-state index in [0.29, 0.717) is 5.92 Å². The molecule has 1 saturated heterocycles. The summed E-state index contributed by atoms with van der Waals surface area (Å²) in [5, 5.41) is 0. The average Bonchev–Trinajstić information content (AvgIpc) is 2.03. The summed E-state index contributed by atoms with van der Waals surface area (Å²) in [6.07, 6.45) is 7.45. The molecule has 0 unspecified atom stereocenters. The molecule has 0 bridgehead atoms. The molecular weight excluding hydrogens is 146 g/mol. The first kappa shape index (κ1) is 9.79. The molecule has 70 valence electrons. The molecule has 0 amide bonds. The van der Waals surface area contributed by atoms with E-state index in [1.807, 2.05) is 0 Å². The van der Waals surface area contributed by atoms with E-state index in [2.05, 4.69) is 37.9 Å². The molecule has 12 heavy (non-hydrogen) atoms. The number of allylic oxidation sites excluding steroid dienone is 2. The van der Waals surface area contributed by atoms with Gasteiger partial charge in [0.1, 0.15) is 0 Å². The second-order valence-electron chi connectivity index (χ2n) is 4.27. The second kappa shape index (κ2) is 4.66. The lowest BCUT2D eigenvalue weighted by Crippen LogP contribution is -2.29. The Morgan fingerprint density at radius 1 is 1.25 bits per heavy atom. The minimum atomic E-state index is 0.713. The predicted molar refractivity (Wildman–Crippen MR) is 54.2 cm³/mol. The van der Waals surface area contributed by atoms with Crippen molar-refractivity contribution in [2.24, 2.45) is 11.8 Å². The van der Waals surface area contributed by atoms with Crippen LogP contribution in [0, 0.1) is 11.8 Å². The number of rotatable bonds is 2. The highest BCUT2D eigenvalue weighted by molar-refractivity contribution is 4.92. The van der Waals surface area contributed by atoms with Crippen molar-refractivity contribution in [2.75, 3.05) is 20.1 Å². The van der Waals surface area contributed by atoms with Crippen molar-refractivity contribution < 1.29 is 0 Å². The molecule has 0 aromatic rings. The monoisotopic (exact) mass is 167 g/mol. The Hall–Kier alpha value is -0.300. The lowest BCUT2D eigenvalue weighted by Gasteiger charge is -2.27. The summed E-state index contributed by atoms with van der Waals surface area (Å²) in [6.45, 7) is 7.02. The van der Waals surface area contributed by atoms with Crippen molar-refractivity contribution >= 4 is 0 Å². The summed E-state index contributed by atoms with van der Waals surface area (Å²) in [6, 6.07) is 0. The third-order valence-corrected chi connectivity index (χ3v) is 2.53. The summed E-state index contributed by atoms with van der Waals surface area (Å²) >= 11 is 0. The first-order valence-corrected chi connectivity index (χ1v) is 5.05. The standard InChI is InChI=1S/C11H21N/c1-10(2)4-5-11-6-8-12(3)9-7-11/h4-5,10-11H,6-9H2,1-3H3/b5-4+. The maximum Gasteiger partial charge on any atom is -0.00162 e. The molecule has 0 atom stereocenters. The zero-order valence-corrected chi connectivity index (χ0v) is 8.59. The van der Waals surface area contributed by atoms with E-state index in [1.54, 1.807) is 0 Å². The molecular formula is C11H21N. The van der Waals surface area contributed by atoms with Gasteiger partial charge in [0, 0.05) is 0 Å². The molecule has 1 nitrogen and oxygen atoms in total. The minimum Gasteiger partial charge on any atom is -0.306 e. The first-order valence-electron chi connectivity index (χ1n) is 5.05. The highest BCUT2D eigenvalue weighted by Gasteiger charge is 2.13. The van der Waals surface area contributed by atoms with Crippen LogP contribution in [0.5, 0.6) is 0 Å². The molecule has 0 aromatic carbocycles. The molecule has 1 rings (SSSR count). The van der Waals surface area contributed by atoms with Crippen molar-refractivity contribution in [3.8, 4) is 0 Å². The van der Waals surface area contributed by atoms with Crippen LogP contribution in [0.2, 0.25) is 0 Å². The molecule has 0 aliphatic carbocycles. The minimum absolute atomic E-state index is 0.713. The van der Waals surface area contributed by atoms with E-state index >= 15 is 0 Å². The number of nitrogens with zero attached hydrogens (tertiary/aromatic N) is 1. The smallest absolute Gasteiger partial charge is 0.00162 e. The Labute approximate surface area is 76.5 Å². The van der Waals surface area contributed by atoms with E-state index in [0.717, 1.165) is 5.92 Å². The van der Waals surface area contributed by atoms with Gasteiger partial charge in [0.05, 0.1) is 0 Å². The molecule has 1 heteroatoms. The highest BCUT2D eigenvalue weighted by Crippen LogP contribution is 2.17. The van der Waals surface area contributed by atoms with Crippen molar-refractivity contribution in [3.05, 3.63) is 12.2 Å². The predicted octanol–water partition coefficient (Wildman–Crippen LogP) is 2.54. The van der Waals surface area contributed by atoms with Gasteiger partial charge in [-0.05, 0) is 44.8 Å². The van der Waals surface area contributed by atoms with Crippen molar-refractivity contribution in [2.45, 2.75) is 26.7 Å². The first-order chi connectivity index (χ1) is 5.68. The molecule has 1 aliphatic rings. The summed E-state index contributed by atoms with van der Waals surface area (Å²) in [4.78, 5) is 2.42. The maximum absolute atomic E-state index is 2.42. The third-order valence-electron chi connectivity index (χ3n) is 2.53. The Morgan fingerprint density at radius 2 is 1.83 bits per heavy atom. The number of likely N-dealkylation sites (tertiary alicyclic amines) is 1. The zero-order chi connectivity index (χ0) is 8.97. The van der Waals surface area contributed by atoms with Gasteiger partial charge in [-0.2, -0.15) is 0 Å². The zero-order valence-electron chi connectivity index (χ0n) is 8.59. The van der Waals surface area contributed by atoms with E-state index in [9.17, 15) is 0 Å². The second-order valence-corrected chi connectivity index (χ2v) is 4.27. The molecule has 0 aromatic heterocycles. The number of piperidine rings is 1. The Balaban J connectivity index is 2.26. The summed E-state index contributed by atoms with van der Waals surface area (Å²) in [7, 11) is 2.21. The van der Waals surface area contributed by atoms with Gasteiger partial charge in [-0.1, -0.05) is 26.0 Å². The van der Waals surface area contributed by atoms with Crippen LogP contribution < -0.4 is 0 Å². The van der Waals surface area contributed by atoms with Crippen LogP contribution in [-0.4, -0.2) is 25.0 Å². The largest absolute Gasteiger partial charge is 0.306 e. The van der Waals surface area contributed by atoms with Gasteiger partial charge in [-0.15, -0.1) is 0 Å². The number of hydrogen-bond donors (Lipinski definition) is 0. The van der Waals surface area contributed by atoms with Crippen molar-refractivity contribution in [1.82, 2.24) is 4.90 Å². The fraction of sp³-hybridized carbons (Fsp3) is 0.818. The van der Waals surface area contributed by atoms with Crippen LogP contribution >= 0.6 is 0 Å².